The highest BCUT2D eigenvalue weighted by Crippen LogP contribution is 2.44. The molecule has 0 aliphatic heterocycles. The third-order valence-electron chi connectivity index (χ3n) is 6.06. The standard InChI is InChI=1S/C30H24O2P2/c31-33(25-13-5-1-6-14-25,26-15-7-2-8-16-26)29-21-23-30(24-22-29)34(32,27-17-9-3-10-18-27)28-19-11-4-12-20-28/h1-24H. The molecule has 0 heterocycles. The zero-order valence-corrected chi connectivity index (χ0v) is 20.4. The lowest BCUT2D eigenvalue weighted by Crippen LogP contribution is -2.28. The maximum absolute atomic E-state index is 14.6. The first-order valence-corrected chi connectivity index (χ1v) is 14.6. The molecule has 0 bridgehead atoms. The fourth-order valence-electron chi connectivity index (χ4n) is 4.32. The van der Waals surface area contributed by atoms with E-state index < -0.39 is 14.3 Å². The predicted molar refractivity (Wildman–Crippen MR) is 145 cm³/mol. The molecule has 0 aliphatic carbocycles. The van der Waals surface area contributed by atoms with Crippen LogP contribution in [0.15, 0.2) is 146 Å². The largest absolute Gasteiger partial charge is 0.309 e. The van der Waals surface area contributed by atoms with Crippen molar-refractivity contribution in [3.8, 4) is 0 Å². The zero-order chi connectivity index (χ0) is 23.4. The molecule has 5 rings (SSSR count). The van der Waals surface area contributed by atoms with Gasteiger partial charge in [0.1, 0.15) is 0 Å². The van der Waals surface area contributed by atoms with Gasteiger partial charge in [-0.1, -0.05) is 146 Å². The third-order valence-corrected chi connectivity index (χ3v) is 12.2. The van der Waals surface area contributed by atoms with Crippen LogP contribution >= 0.6 is 14.3 Å². The molecule has 0 aliphatic rings. The molecule has 0 radical (unpaired) electrons. The van der Waals surface area contributed by atoms with E-state index in [2.05, 4.69) is 0 Å². The minimum absolute atomic E-state index is 0.723. The predicted octanol–water partition coefficient (Wildman–Crippen LogP) is 4.97. The Balaban J connectivity index is 1.67. The summed E-state index contributed by atoms with van der Waals surface area (Å²) in [6.45, 7) is 0. The van der Waals surface area contributed by atoms with E-state index in [1.54, 1.807) is 0 Å². The Hall–Kier alpha value is -3.44. The van der Waals surface area contributed by atoms with Gasteiger partial charge in [-0.25, -0.2) is 0 Å². The van der Waals surface area contributed by atoms with Crippen molar-refractivity contribution in [2.24, 2.45) is 0 Å². The van der Waals surface area contributed by atoms with Gasteiger partial charge in [0.2, 0.25) is 0 Å². The molecule has 34 heavy (non-hydrogen) atoms. The van der Waals surface area contributed by atoms with Crippen molar-refractivity contribution in [1.82, 2.24) is 0 Å². The Morgan fingerprint density at radius 3 is 0.647 bits per heavy atom. The van der Waals surface area contributed by atoms with E-state index in [0.717, 1.165) is 31.8 Å². The number of hydrogen-bond acceptors (Lipinski definition) is 2. The summed E-state index contributed by atoms with van der Waals surface area (Å²) in [4.78, 5) is 0. The normalized spacial score (nSPS) is 11.8. The molecule has 0 aromatic heterocycles. The van der Waals surface area contributed by atoms with Gasteiger partial charge in [-0.3, -0.25) is 0 Å². The van der Waals surface area contributed by atoms with Crippen molar-refractivity contribution < 1.29 is 9.13 Å². The van der Waals surface area contributed by atoms with Gasteiger partial charge in [0.05, 0.1) is 0 Å². The van der Waals surface area contributed by atoms with Crippen LogP contribution < -0.4 is 31.8 Å². The summed E-state index contributed by atoms with van der Waals surface area (Å²) in [6, 6.07) is 45.9. The monoisotopic (exact) mass is 478 g/mol. The first-order chi connectivity index (χ1) is 16.6. The summed E-state index contributed by atoms with van der Waals surface area (Å²) < 4.78 is 29.3. The van der Waals surface area contributed by atoms with Gasteiger partial charge < -0.3 is 9.13 Å². The van der Waals surface area contributed by atoms with Gasteiger partial charge >= 0.3 is 0 Å². The van der Waals surface area contributed by atoms with Gasteiger partial charge in [-0.2, -0.15) is 0 Å². The summed E-state index contributed by atoms with van der Waals surface area (Å²) in [7, 11) is -6.16. The van der Waals surface area contributed by atoms with E-state index in [1.807, 2.05) is 146 Å². The van der Waals surface area contributed by atoms with E-state index in [0.29, 0.717) is 0 Å². The molecular weight excluding hydrogens is 454 g/mol. The molecular formula is C30H24O2P2. The van der Waals surface area contributed by atoms with E-state index >= 15 is 0 Å². The van der Waals surface area contributed by atoms with Crippen LogP contribution in [0.3, 0.4) is 0 Å². The Morgan fingerprint density at radius 1 is 0.265 bits per heavy atom. The van der Waals surface area contributed by atoms with Gasteiger partial charge in [-0.05, 0) is 0 Å². The first-order valence-electron chi connectivity index (χ1n) is 11.2. The van der Waals surface area contributed by atoms with Crippen LogP contribution in [0.25, 0.3) is 0 Å². The van der Waals surface area contributed by atoms with E-state index in [9.17, 15) is 9.13 Å². The minimum atomic E-state index is -3.08. The van der Waals surface area contributed by atoms with Crippen LogP contribution in [0.1, 0.15) is 0 Å². The summed E-state index contributed by atoms with van der Waals surface area (Å²) in [5, 5.41) is 4.57. The summed E-state index contributed by atoms with van der Waals surface area (Å²) in [6.07, 6.45) is 0. The average molecular weight is 478 g/mol. The van der Waals surface area contributed by atoms with Crippen LogP contribution in [0.4, 0.5) is 0 Å². The zero-order valence-electron chi connectivity index (χ0n) is 18.6. The number of rotatable bonds is 6. The van der Waals surface area contributed by atoms with Gasteiger partial charge in [-0.15, -0.1) is 0 Å². The second kappa shape index (κ2) is 9.43. The highest BCUT2D eigenvalue weighted by molar-refractivity contribution is 7.86. The SMILES string of the molecule is O=P(c1ccccc1)(c1ccccc1)c1ccc(P(=O)(c2ccccc2)c2ccccc2)cc1. The Labute approximate surface area is 200 Å². The lowest BCUT2D eigenvalue weighted by molar-refractivity contribution is 0.591. The summed E-state index contributed by atoms with van der Waals surface area (Å²) in [5.41, 5.74) is 0. The molecule has 0 N–H and O–H groups in total. The summed E-state index contributed by atoms with van der Waals surface area (Å²) >= 11 is 0. The smallest absolute Gasteiger partial charge is 0.171 e. The Kier molecular flexibility index (Phi) is 6.20. The van der Waals surface area contributed by atoms with Crippen LogP contribution in [0.5, 0.6) is 0 Å². The second-order valence-electron chi connectivity index (χ2n) is 8.08. The van der Waals surface area contributed by atoms with Crippen molar-refractivity contribution in [3.05, 3.63) is 146 Å². The molecule has 0 spiro atoms. The minimum Gasteiger partial charge on any atom is -0.309 e. The molecule has 0 unspecified atom stereocenters. The maximum Gasteiger partial charge on any atom is 0.171 e. The fraction of sp³-hybridized carbons (Fsp3) is 0. The molecule has 0 amide bonds. The second-order valence-corrected chi connectivity index (χ2v) is 13.6. The van der Waals surface area contributed by atoms with Crippen LogP contribution in [-0.4, -0.2) is 0 Å². The van der Waals surface area contributed by atoms with Crippen LogP contribution in [0.2, 0.25) is 0 Å². The highest BCUT2D eigenvalue weighted by Gasteiger charge is 2.32. The number of benzene rings is 5. The quantitative estimate of drug-likeness (QED) is 0.323. The molecule has 166 valence electrons. The lowest BCUT2D eigenvalue weighted by Gasteiger charge is -2.23. The highest BCUT2D eigenvalue weighted by atomic mass is 31.2. The van der Waals surface area contributed by atoms with Crippen molar-refractivity contribution in [2.45, 2.75) is 0 Å². The van der Waals surface area contributed by atoms with Gasteiger partial charge in [0.25, 0.3) is 0 Å². The first kappa shape index (κ1) is 22.4. The van der Waals surface area contributed by atoms with Crippen LogP contribution in [0, 0.1) is 0 Å². The Bertz CT molecular complexity index is 1260. The van der Waals surface area contributed by atoms with E-state index in [-0.39, 0.29) is 0 Å². The molecule has 5 aromatic rings. The molecule has 4 heteroatoms. The number of hydrogen-bond donors (Lipinski definition) is 0. The third kappa shape index (κ3) is 3.90. The van der Waals surface area contributed by atoms with Crippen molar-refractivity contribution in [1.29, 1.82) is 0 Å². The van der Waals surface area contributed by atoms with Crippen molar-refractivity contribution >= 4 is 46.1 Å². The Morgan fingerprint density at radius 2 is 0.441 bits per heavy atom. The topological polar surface area (TPSA) is 34.1 Å². The molecule has 0 saturated heterocycles. The molecule has 0 atom stereocenters. The van der Waals surface area contributed by atoms with Crippen LogP contribution in [-0.2, 0) is 9.13 Å². The molecule has 0 saturated carbocycles. The van der Waals surface area contributed by atoms with Crippen molar-refractivity contribution in [3.63, 3.8) is 0 Å². The average Bonchev–Trinajstić information content (AvgIpc) is 2.94. The fourth-order valence-corrected chi connectivity index (χ4v) is 9.61. The molecule has 2 nitrogen and oxygen atoms in total. The van der Waals surface area contributed by atoms with E-state index in [1.165, 1.54) is 0 Å². The van der Waals surface area contributed by atoms with Gasteiger partial charge in [0, 0.05) is 31.8 Å². The maximum atomic E-state index is 14.6. The van der Waals surface area contributed by atoms with E-state index in [4.69, 9.17) is 0 Å². The summed E-state index contributed by atoms with van der Waals surface area (Å²) in [5.74, 6) is 0. The molecule has 5 aromatic carbocycles. The molecule has 0 fully saturated rings. The lowest BCUT2D eigenvalue weighted by atomic mass is 10.3. The van der Waals surface area contributed by atoms with Gasteiger partial charge in [0.15, 0.2) is 14.3 Å². The van der Waals surface area contributed by atoms with Crippen molar-refractivity contribution in [2.75, 3.05) is 0 Å².